The molecule has 0 aliphatic heterocycles. The van der Waals surface area contributed by atoms with Gasteiger partial charge in [0.15, 0.2) is 0 Å². The highest BCUT2D eigenvalue weighted by Crippen LogP contribution is 2.23. The first-order chi connectivity index (χ1) is 6.87. The molecule has 1 nitrogen and oxygen atoms in total. The highest BCUT2D eigenvalue weighted by molar-refractivity contribution is 5.19. The van der Waals surface area contributed by atoms with Crippen molar-refractivity contribution in [3.63, 3.8) is 0 Å². The van der Waals surface area contributed by atoms with Gasteiger partial charge in [0, 0.05) is 0 Å². The summed E-state index contributed by atoms with van der Waals surface area (Å²) in [6.07, 6.45) is -3.41. The molecule has 0 aromatic rings. The molecule has 0 fully saturated rings. The van der Waals surface area contributed by atoms with Crippen LogP contribution in [0.25, 0.3) is 0 Å². The first-order valence-electron chi connectivity index (χ1n) is 4.44. The van der Waals surface area contributed by atoms with Gasteiger partial charge in [-0.05, 0) is 25.5 Å². The molecule has 0 bridgehead atoms. The van der Waals surface area contributed by atoms with Gasteiger partial charge in [-0.3, -0.25) is 0 Å². The Hall–Kier alpha value is -1.19. The highest BCUT2D eigenvalue weighted by Gasteiger charge is 2.31. The van der Waals surface area contributed by atoms with Crippen LogP contribution in [-0.4, -0.2) is 6.36 Å². The summed E-state index contributed by atoms with van der Waals surface area (Å²) in [5.41, 5.74) is 0.254. The van der Waals surface area contributed by atoms with E-state index in [1.165, 1.54) is 19.9 Å². The summed E-state index contributed by atoms with van der Waals surface area (Å²) in [6.45, 7) is 16.2. The van der Waals surface area contributed by atoms with Crippen LogP contribution in [0, 0.1) is 0 Å². The molecule has 0 unspecified atom stereocenters. The van der Waals surface area contributed by atoms with Crippen molar-refractivity contribution in [3.05, 3.63) is 37.1 Å². The summed E-state index contributed by atoms with van der Waals surface area (Å²) in [6, 6.07) is 0. The second-order valence-corrected chi connectivity index (χ2v) is 1.98. The Bertz CT molecular complexity index is 192. The topological polar surface area (TPSA) is 9.23 Å². The molecule has 0 radical (unpaired) electrons. The summed E-state index contributed by atoms with van der Waals surface area (Å²) in [5.74, 6) is -0.238. The lowest BCUT2D eigenvalue weighted by molar-refractivity contribution is -0.304. The maximum Gasteiger partial charge on any atom is 0.573 e. The molecule has 0 aliphatic carbocycles. The molecular formula is C11H19F3O. The molecule has 0 heterocycles. The average molecular weight is 224 g/mol. The van der Waals surface area contributed by atoms with Crippen molar-refractivity contribution >= 4 is 0 Å². The minimum absolute atomic E-state index is 0.238. The monoisotopic (exact) mass is 224 g/mol. The first-order valence-corrected chi connectivity index (χ1v) is 4.44. The molecule has 90 valence electrons. The van der Waals surface area contributed by atoms with Crippen molar-refractivity contribution in [2.45, 2.75) is 34.1 Å². The smallest absolute Gasteiger partial charge is 0.406 e. The van der Waals surface area contributed by atoms with Gasteiger partial charge in [-0.2, -0.15) is 0 Å². The van der Waals surface area contributed by atoms with E-state index in [2.05, 4.69) is 24.5 Å². The molecule has 0 N–H and O–H groups in total. The lowest BCUT2D eigenvalue weighted by atomic mass is 10.3. The zero-order chi connectivity index (χ0) is 13.1. The van der Waals surface area contributed by atoms with Gasteiger partial charge in [-0.25, -0.2) is 0 Å². The summed E-state index contributed by atoms with van der Waals surface area (Å²) in [4.78, 5) is 0. The summed E-state index contributed by atoms with van der Waals surface area (Å²) in [5, 5.41) is 0. The van der Waals surface area contributed by atoms with E-state index in [1.807, 2.05) is 13.8 Å². The van der Waals surface area contributed by atoms with Gasteiger partial charge in [-0.1, -0.05) is 20.4 Å². The van der Waals surface area contributed by atoms with E-state index in [0.717, 1.165) is 0 Å². The number of halogens is 3. The lowest BCUT2D eigenvalue weighted by Gasteiger charge is -2.11. The summed E-state index contributed by atoms with van der Waals surface area (Å²) >= 11 is 0. The maximum atomic E-state index is 11.5. The average Bonchev–Trinajstić information content (AvgIpc) is 2.19. The number of alkyl halides is 3. The normalized spacial score (nSPS) is 10.2. The van der Waals surface area contributed by atoms with Crippen LogP contribution in [0.5, 0.6) is 0 Å². The second-order valence-electron chi connectivity index (χ2n) is 1.98. The summed E-state index contributed by atoms with van der Waals surface area (Å²) < 4.78 is 38.3. The SMILES string of the molecule is C=C.C=C(C)/C(=C\C)OC(F)(F)F.CC. The van der Waals surface area contributed by atoms with Gasteiger partial charge in [0.2, 0.25) is 0 Å². The largest absolute Gasteiger partial charge is 0.573 e. The van der Waals surface area contributed by atoms with Gasteiger partial charge in [0.1, 0.15) is 5.76 Å². The molecule has 0 spiro atoms. The highest BCUT2D eigenvalue weighted by atomic mass is 19.4. The molecular weight excluding hydrogens is 205 g/mol. The van der Waals surface area contributed by atoms with Crippen LogP contribution in [0.4, 0.5) is 13.2 Å². The number of allylic oxidation sites excluding steroid dienone is 2. The van der Waals surface area contributed by atoms with Crippen molar-refractivity contribution in [3.8, 4) is 0 Å². The van der Waals surface area contributed by atoms with Crippen LogP contribution in [-0.2, 0) is 4.74 Å². The molecule has 0 saturated carbocycles. The third-order valence-corrected chi connectivity index (χ3v) is 0.909. The Labute approximate surface area is 89.9 Å². The predicted octanol–water partition coefficient (Wildman–Crippen LogP) is 4.83. The molecule has 15 heavy (non-hydrogen) atoms. The fourth-order valence-electron chi connectivity index (χ4n) is 0.517. The van der Waals surface area contributed by atoms with Crippen molar-refractivity contribution in [1.29, 1.82) is 0 Å². The van der Waals surface area contributed by atoms with Gasteiger partial charge in [-0.15, -0.1) is 26.3 Å². The molecule has 0 saturated heterocycles. The van der Waals surface area contributed by atoms with Gasteiger partial charge in [0.25, 0.3) is 0 Å². The van der Waals surface area contributed by atoms with E-state index in [9.17, 15) is 13.2 Å². The number of ether oxygens (including phenoxy) is 1. The Morgan fingerprint density at radius 2 is 1.53 bits per heavy atom. The van der Waals surface area contributed by atoms with Crippen molar-refractivity contribution in [2.24, 2.45) is 0 Å². The molecule has 0 rings (SSSR count). The zero-order valence-electron chi connectivity index (χ0n) is 9.74. The molecule has 0 amide bonds. The Morgan fingerprint density at radius 1 is 1.20 bits per heavy atom. The van der Waals surface area contributed by atoms with Crippen molar-refractivity contribution < 1.29 is 17.9 Å². The van der Waals surface area contributed by atoms with Crippen LogP contribution in [0.3, 0.4) is 0 Å². The molecule has 4 heteroatoms. The third kappa shape index (κ3) is 15.6. The fraction of sp³-hybridized carbons (Fsp3) is 0.455. The van der Waals surface area contributed by atoms with Crippen LogP contribution in [0.2, 0.25) is 0 Å². The molecule has 0 atom stereocenters. The van der Waals surface area contributed by atoms with E-state index < -0.39 is 6.36 Å². The predicted molar refractivity (Wildman–Crippen MR) is 58.3 cm³/mol. The van der Waals surface area contributed by atoms with E-state index in [4.69, 9.17) is 0 Å². The zero-order valence-corrected chi connectivity index (χ0v) is 9.74. The van der Waals surface area contributed by atoms with Gasteiger partial charge >= 0.3 is 6.36 Å². The molecule has 0 aliphatic rings. The van der Waals surface area contributed by atoms with Gasteiger partial charge < -0.3 is 4.74 Å². The minimum atomic E-state index is -4.62. The van der Waals surface area contributed by atoms with Crippen molar-refractivity contribution in [2.75, 3.05) is 0 Å². The number of hydrogen-bond acceptors (Lipinski definition) is 1. The van der Waals surface area contributed by atoms with Crippen LogP contribution in [0.15, 0.2) is 37.1 Å². The molecule has 0 aromatic carbocycles. The Kier molecular flexibility index (Phi) is 14.1. The standard InChI is InChI=1S/C7H9F3O.C2H6.C2H4/c1-4-6(5(2)3)11-7(8,9)10;2*1-2/h4H,2H2,1,3H3;1-2H3;1-2H2/b6-4+;;. The second kappa shape index (κ2) is 10.9. The Morgan fingerprint density at radius 3 is 1.60 bits per heavy atom. The van der Waals surface area contributed by atoms with E-state index in [1.54, 1.807) is 0 Å². The molecule has 0 aromatic heterocycles. The van der Waals surface area contributed by atoms with E-state index in [-0.39, 0.29) is 11.3 Å². The van der Waals surface area contributed by atoms with E-state index >= 15 is 0 Å². The number of rotatable bonds is 2. The van der Waals surface area contributed by atoms with Crippen LogP contribution in [0.1, 0.15) is 27.7 Å². The van der Waals surface area contributed by atoms with Crippen molar-refractivity contribution in [1.82, 2.24) is 0 Å². The fourth-order valence-corrected chi connectivity index (χ4v) is 0.517. The quantitative estimate of drug-likeness (QED) is 0.371. The third-order valence-electron chi connectivity index (χ3n) is 0.909. The number of hydrogen-bond donors (Lipinski definition) is 0. The minimum Gasteiger partial charge on any atom is -0.406 e. The van der Waals surface area contributed by atoms with Gasteiger partial charge in [0.05, 0.1) is 0 Å². The van der Waals surface area contributed by atoms with E-state index in [0.29, 0.717) is 0 Å². The Balaban J connectivity index is -0.000000318. The lowest BCUT2D eigenvalue weighted by Crippen LogP contribution is -2.13. The van der Waals surface area contributed by atoms with Crippen LogP contribution < -0.4 is 0 Å². The summed E-state index contributed by atoms with van der Waals surface area (Å²) in [7, 11) is 0. The first kappa shape index (κ1) is 19.4. The van der Waals surface area contributed by atoms with Crippen LogP contribution >= 0.6 is 0 Å². The maximum absolute atomic E-state index is 11.5.